The molecule has 146 valence electrons. The summed E-state index contributed by atoms with van der Waals surface area (Å²) in [6.45, 7) is 2.40. The zero-order valence-electron chi connectivity index (χ0n) is 15.4. The highest BCUT2D eigenvalue weighted by atomic mass is 35.5. The highest BCUT2D eigenvalue weighted by Gasteiger charge is 2.48. The number of hydrogen-bond acceptors (Lipinski definition) is 4. The fourth-order valence-electron chi connectivity index (χ4n) is 4.21. The van der Waals surface area contributed by atoms with Crippen LogP contribution in [0.5, 0.6) is 0 Å². The molecule has 0 aliphatic carbocycles. The second-order valence-corrected chi connectivity index (χ2v) is 7.90. The van der Waals surface area contributed by atoms with Gasteiger partial charge in [0.1, 0.15) is 0 Å². The van der Waals surface area contributed by atoms with E-state index in [1.165, 1.54) is 0 Å². The van der Waals surface area contributed by atoms with Crippen LogP contribution in [0, 0.1) is 0 Å². The second kappa shape index (κ2) is 7.20. The van der Waals surface area contributed by atoms with E-state index in [4.69, 9.17) is 27.8 Å². The number of ether oxygens (including phenoxy) is 1. The van der Waals surface area contributed by atoms with Crippen molar-refractivity contribution in [3.05, 3.63) is 69.7 Å². The molecule has 0 saturated carbocycles. The van der Waals surface area contributed by atoms with Gasteiger partial charge in [-0.3, -0.25) is 14.5 Å². The first-order valence-corrected chi connectivity index (χ1v) is 9.64. The van der Waals surface area contributed by atoms with Crippen LogP contribution in [-0.4, -0.2) is 29.8 Å². The second-order valence-electron chi connectivity index (χ2n) is 7.46. The first kappa shape index (κ1) is 18.9. The zero-order valence-corrected chi connectivity index (χ0v) is 16.1. The fourth-order valence-corrected chi connectivity index (χ4v) is 4.38. The van der Waals surface area contributed by atoms with Gasteiger partial charge in [0.2, 0.25) is 5.91 Å². The Morgan fingerprint density at radius 2 is 1.79 bits per heavy atom. The van der Waals surface area contributed by atoms with Crippen molar-refractivity contribution in [2.24, 2.45) is 11.5 Å². The molecule has 2 amide bonds. The van der Waals surface area contributed by atoms with Gasteiger partial charge in [-0.2, -0.15) is 0 Å². The number of fused-ring (bicyclic) bond motifs is 2. The average molecular weight is 400 g/mol. The molecule has 0 aromatic heterocycles. The fraction of sp³-hybridized carbons (Fsp3) is 0.333. The van der Waals surface area contributed by atoms with Crippen LogP contribution in [0.25, 0.3) is 0 Å². The first-order chi connectivity index (χ1) is 13.4. The number of amides is 2. The number of rotatable bonds is 4. The molecule has 1 saturated heterocycles. The van der Waals surface area contributed by atoms with Crippen LogP contribution in [0.1, 0.15) is 46.0 Å². The smallest absolute Gasteiger partial charge is 0.251 e. The van der Waals surface area contributed by atoms with Crippen molar-refractivity contribution in [2.75, 3.05) is 13.1 Å². The van der Waals surface area contributed by atoms with Gasteiger partial charge in [-0.25, -0.2) is 0 Å². The molecule has 1 spiro atoms. The maximum Gasteiger partial charge on any atom is 0.251 e. The largest absolute Gasteiger partial charge is 0.367 e. The number of primary amides is 2. The van der Waals surface area contributed by atoms with Crippen molar-refractivity contribution in [1.29, 1.82) is 0 Å². The molecule has 4 N–H and O–H groups in total. The predicted octanol–water partition coefficient (Wildman–Crippen LogP) is 2.49. The van der Waals surface area contributed by atoms with E-state index >= 15 is 0 Å². The minimum absolute atomic E-state index is 0.425. The summed E-state index contributed by atoms with van der Waals surface area (Å²) in [7, 11) is 0. The van der Waals surface area contributed by atoms with Crippen LogP contribution < -0.4 is 11.5 Å². The molecule has 0 radical (unpaired) electrons. The maximum atomic E-state index is 11.9. The number of halogens is 1. The van der Waals surface area contributed by atoms with E-state index in [9.17, 15) is 9.59 Å². The summed E-state index contributed by atoms with van der Waals surface area (Å²) in [6.07, 6.45) is 0.785. The van der Waals surface area contributed by atoms with E-state index in [1.54, 1.807) is 18.2 Å². The molecule has 4 rings (SSSR count). The van der Waals surface area contributed by atoms with Gasteiger partial charge in [-0.05, 0) is 53.8 Å². The van der Waals surface area contributed by atoms with Gasteiger partial charge >= 0.3 is 0 Å². The third-order valence-corrected chi connectivity index (χ3v) is 5.93. The number of nitrogens with zero attached hydrogens (tertiary/aromatic N) is 1. The average Bonchev–Trinajstić information content (AvgIpc) is 2.98. The zero-order chi connectivity index (χ0) is 19.9. The number of piperidine rings is 1. The van der Waals surface area contributed by atoms with E-state index in [1.807, 2.05) is 24.3 Å². The highest BCUT2D eigenvalue weighted by molar-refractivity contribution is 6.30. The first-order valence-electron chi connectivity index (χ1n) is 9.26. The molecule has 28 heavy (non-hydrogen) atoms. The molecule has 2 aliphatic heterocycles. The van der Waals surface area contributed by atoms with Crippen LogP contribution in [0.15, 0.2) is 42.5 Å². The lowest BCUT2D eigenvalue weighted by Crippen LogP contribution is -2.42. The third kappa shape index (κ3) is 3.39. The van der Waals surface area contributed by atoms with E-state index in [0.717, 1.165) is 49.2 Å². The minimum atomic E-state index is -0.722. The summed E-state index contributed by atoms with van der Waals surface area (Å²) in [4.78, 5) is 25.4. The molecule has 0 bridgehead atoms. The SMILES string of the molecule is NC(=O)c1ccc(CN2CCC3(CC2)OC(C(N)=O)c2ccc(Cl)cc23)cc1. The van der Waals surface area contributed by atoms with Gasteiger partial charge in [0.15, 0.2) is 6.10 Å². The quantitative estimate of drug-likeness (QED) is 0.825. The van der Waals surface area contributed by atoms with Crippen molar-refractivity contribution in [3.8, 4) is 0 Å². The Morgan fingerprint density at radius 1 is 1.11 bits per heavy atom. The van der Waals surface area contributed by atoms with E-state index in [-0.39, 0.29) is 0 Å². The Hall–Kier alpha value is -2.41. The van der Waals surface area contributed by atoms with Gasteiger partial charge in [0.05, 0.1) is 5.60 Å². The van der Waals surface area contributed by atoms with Crippen molar-refractivity contribution < 1.29 is 14.3 Å². The van der Waals surface area contributed by atoms with Crippen molar-refractivity contribution in [3.63, 3.8) is 0 Å². The monoisotopic (exact) mass is 399 g/mol. The maximum absolute atomic E-state index is 11.9. The van der Waals surface area contributed by atoms with Crippen molar-refractivity contribution in [1.82, 2.24) is 4.90 Å². The number of benzene rings is 2. The van der Waals surface area contributed by atoms with Crippen molar-refractivity contribution >= 4 is 23.4 Å². The Balaban J connectivity index is 1.48. The molecule has 2 aromatic carbocycles. The number of carbonyl (C=O) groups excluding carboxylic acids is 2. The van der Waals surface area contributed by atoms with Crippen LogP contribution in [0.4, 0.5) is 0 Å². The third-order valence-electron chi connectivity index (χ3n) is 5.70. The molecule has 1 unspecified atom stereocenters. The van der Waals surface area contributed by atoms with E-state index in [2.05, 4.69) is 4.90 Å². The van der Waals surface area contributed by atoms with Crippen molar-refractivity contribution in [2.45, 2.75) is 31.1 Å². The molecule has 7 heteroatoms. The standard InChI is InChI=1S/C21H22ClN3O3/c22-15-5-6-16-17(11-15)21(28-18(16)20(24)27)7-9-25(10-8-21)12-13-1-3-14(4-2-13)19(23)26/h1-6,11,18H,7-10,12H2,(H2,23,26)(H2,24,27). The van der Waals surface area contributed by atoms with E-state index in [0.29, 0.717) is 10.6 Å². The minimum Gasteiger partial charge on any atom is -0.367 e. The highest BCUT2D eigenvalue weighted by Crippen LogP contribution is 2.50. The summed E-state index contributed by atoms with van der Waals surface area (Å²) in [5, 5.41) is 0.629. The molecule has 1 fully saturated rings. The lowest BCUT2D eigenvalue weighted by Gasteiger charge is -2.39. The van der Waals surface area contributed by atoms with E-state index < -0.39 is 23.5 Å². The number of nitrogens with two attached hydrogens (primary N) is 2. The lowest BCUT2D eigenvalue weighted by atomic mass is 9.83. The van der Waals surface area contributed by atoms with Gasteiger partial charge in [0.25, 0.3) is 5.91 Å². The predicted molar refractivity (Wildman–Crippen MR) is 106 cm³/mol. The molecular formula is C21H22ClN3O3. The summed E-state index contributed by atoms with van der Waals surface area (Å²) in [5.41, 5.74) is 13.8. The van der Waals surface area contributed by atoms with Gasteiger partial charge in [-0.15, -0.1) is 0 Å². The summed E-state index contributed by atoms with van der Waals surface area (Å²) in [6, 6.07) is 12.9. The summed E-state index contributed by atoms with van der Waals surface area (Å²) < 4.78 is 6.21. The number of likely N-dealkylation sites (tertiary alicyclic amines) is 1. The molecule has 1 atom stereocenters. The molecule has 2 aromatic rings. The Kier molecular flexibility index (Phi) is 4.87. The van der Waals surface area contributed by atoms with Crippen LogP contribution in [-0.2, 0) is 21.7 Å². The Morgan fingerprint density at radius 3 is 2.39 bits per heavy atom. The van der Waals surface area contributed by atoms with Gasteiger partial charge < -0.3 is 16.2 Å². The lowest BCUT2D eigenvalue weighted by molar-refractivity contribution is -0.148. The molecule has 2 aliphatic rings. The van der Waals surface area contributed by atoms with Gasteiger partial charge in [-0.1, -0.05) is 29.8 Å². The molecular weight excluding hydrogens is 378 g/mol. The van der Waals surface area contributed by atoms with Crippen LogP contribution in [0.3, 0.4) is 0 Å². The number of carbonyl (C=O) groups is 2. The Bertz CT molecular complexity index is 921. The van der Waals surface area contributed by atoms with Gasteiger partial charge in [0, 0.05) is 30.2 Å². The summed E-state index contributed by atoms with van der Waals surface area (Å²) in [5.74, 6) is -0.899. The molecule has 6 nitrogen and oxygen atoms in total. The number of hydrogen-bond donors (Lipinski definition) is 2. The summed E-state index contributed by atoms with van der Waals surface area (Å²) >= 11 is 6.21. The van der Waals surface area contributed by atoms with Crippen LogP contribution in [0.2, 0.25) is 5.02 Å². The van der Waals surface area contributed by atoms with Crippen LogP contribution >= 0.6 is 11.6 Å². The molecule has 2 heterocycles. The Labute approximate surface area is 168 Å². The topological polar surface area (TPSA) is 98.7 Å². The normalized spacial score (nSPS) is 20.8.